The van der Waals surface area contributed by atoms with Gasteiger partial charge in [-0.05, 0) is 101 Å². The lowest BCUT2D eigenvalue weighted by Gasteiger charge is -2.14. The summed E-state index contributed by atoms with van der Waals surface area (Å²) in [5, 5.41) is 7.11. The van der Waals surface area contributed by atoms with E-state index in [0.717, 1.165) is 38.8 Å². The minimum Gasteiger partial charge on any atom is -0.456 e. The molecular formula is C54H34N2O. The summed E-state index contributed by atoms with van der Waals surface area (Å²) in [6.45, 7) is 0. The van der Waals surface area contributed by atoms with E-state index in [0.29, 0.717) is 0 Å². The zero-order valence-corrected chi connectivity index (χ0v) is 30.9. The second-order valence-corrected chi connectivity index (χ2v) is 14.9. The maximum atomic E-state index is 6.55. The fourth-order valence-corrected chi connectivity index (χ4v) is 9.09. The van der Waals surface area contributed by atoms with Gasteiger partial charge in [0.2, 0.25) is 0 Å². The van der Waals surface area contributed by atoms with E-state index in [1.807, 2.05) is 0 Å². The van der Waals surface area contributed by atoms with E-state index in [4.69, 9.17) is 4.42 Å². The van der Waals surface area contributed by atoms with Gasteiger partial charge in [-0.25, -0.2) is 0 Å². The molecule has 0 aliphatic carbocycles. The van der Waals surface area contributed by atoms with Crippen LogP contribution in [0.1, 0.15) is 0 Å². The third-order valence-corrected chi connectivity index (χ3v) is 11.7. The van der Waals surface area contributed by atoms with Crippen molar-refractivity contribution in [2.75, 3.05) is 0 Å². The average molecular weight is 727 g/mol. The molecule has 0 unspecified atom stereocenters. The second kappa shape index (κ2) is 12.5. The van der Waals surface area contributed by atoms with Crippen molar-refractivity contribution < 1.29 is 4.42 Å². The minimum atomic E-state index is 0.870. The Morgan fingerprint density at radius 2 is 0.772 bits per heavy atom. The SMILES string of the molecule is c1ccc(-c2ccc3c(c2)c2cc(-c4ccccc4)cc(-c4ccccc4)c2n3-c2ccc3oc4ccc(-n5c6ccccc6c6ccccc65)cc4c3c2)cc1. The topological polar surface area (TPSA) is 23.0 Å². The van der Waals surface area contributed by atoms with Gasteiger partial charge in [0.15, 0.2) is 0 Å². The van der Waals surface area contributed by atoms with Crippen molar-refractivity contribution in [1.29, 1.82) is 0 Å². The van der Waals surface area contributed by atoms with E-state index in [9.17, 15) is 0 Å². The lowest BCUT2D eigenvalue weighted by molar-refractivity contribution is 0.669. The fraction of sp³-hybridized carbons (Fsp3) is 0. The van der Waals surface area contributed by atoms with Gasteiger partial charge in [0.25, 0.3) is 0 Å². The maximum Gasteiger partial charge on any atom is 0.135 e. The Labute approximate surface area is 328 Å². The zero-order valence-electron chi connectivity index (χ0n) is 30.9. The monoisotopic (exact) mass is 726 g/mol. The second-order valence-electron chi connectivity index (χ2n) is 14.9. The van der Waals surface area contributed by atoms with Crippen LogP contribution in [0.5, 0.6) is 0 Å². The third-order valence-electron chi connectivity index (χ3n) is 11.7. The fourth-order valence-electron chi connectivity index (χ4n) is 9.09. The molecule has 57 heavy (non-hydrogen) atoms. The Kier molecular flexibility index (Phi) is 6.93. The van der Waals surface area contributed by atoms with Crippen molar-refractivity contribution in [2.45, 2.75) is 0 Å². The summed E-state index contributed by atoms with van der Waals surface area (Å²) in [5.74, 6) is 0. The summed E-state index contributed by atoms with van der Waals surface area (Å²) in [4.78, 5) is 0. The van der Waals surface area contributed by atoms with Crippen molar-refractivity contribution in [2.24, 2.45) is 0 Å². The van der Waals surface area contributed by atoms with E-state index in [1.54, 1.807) is 0 Å². The van der Waals surface area contributed by atoms with E-state index in [1.165, 1.54) is 71.5 Å². The van der Waals surface area contributed by atoms with Crippen molar-refractivity contribution in [3.63, 3.8) is 0 Å². The lowest BCUT2D eigenvalue weighted by Crippen LogP contribution is -1.96. The largest absolute Gasteiger partial charge is 0.456 e. The Bertz CT molecular complexity index is 3440. The van der Waals surface area contributed by atoms with Gasteiger partial charge >= 0.3 is 0 Å². The quantitative estimate of drug-likeness (QED) is 0.173. The number of para-hydroxylation sites is 2. The first-order valence-corrected chi connectivity index (χ1v) is 19.5. The average Bonchev–Trinajstić information content (AvgIpc) is 3.94. The number of aromatic nitrogens is 2. The summed E-state index contributed by atoms with van der Waals surface area (Å²) >= 11 is 0. The van der Waals surface area contributed by atoms with Gasteiger partial charge in [0.1, 0.15) is 11.2 Å². The van der Waals surface area contributed by atoms with Crippen LogP contribution in [-0.4, -0.2) is 9.13 Å². The number of hydrogen-bond acceptors (Lipinski definition) is 1. The highest BCUT2D eigenvalue weighted by Gasteiger charge is 2.21. The van der Waals surface area contributed by atoms with Crippen LogP contribution < -0.4 is 0 Å². The smallest absolute Gasteiger partial charge is 0.135 e. The molecule has 12 aromatic rings. The van der Waals surface area contributed by atoms with Gasteiger partial charge in [-0.1, -0.05) is 133 Å². The van der Waals surface area contributed by atoms with Gasteiger partial charge in [-0.3, -0.25) is 0 Å². The maximum absolute atomic E-state index is 6.55. The van der Waals surface area contributed by atoms with E-state index >= 15 is 0 Å². The van der Waals surface area contributed by atoms with Gasteiger partial charge in [-0.15, -0.1) is 0 Å². The lowest BCUT2D eigenvalue weighted by atomic mass is 9.95. The summed E-state index contributed by atoms with van der Waals surface area (Å²) in [5.41, 5.74) is 15.8. The molecule has 0 aliphatic heterocycles. The molecule has 3 nitrogen and oxygen atoms in total. The van der Waals surface area contributed by atoms with Crippen molar-refractivity contribution in [1.82, 2.24) is 9.13 Å². The molecule has 0 saturated carbocycles. The highest BCUT2D eigenvalue weighted by Crippen LogP contribution is 2.44. The molecule has 0 N–H and O–H groups in total. The van der Waals surface area contributed by atoms with Crippen LogP contribution in [0, 0.1) is 0 Å². The predicted molar refractivity (Wildman–Crippen MR) is 239 cm³/mol. The standard InChI is InChI=1S/C54H34N2O/c1-4-14-35(15-5-1)38-24-27-51-45(30-38)48-32-39(36-16-6-2-7-17-36)31-44(37-18-8-3-9-19-37)54(48)56(51)41-26-29-53-47(34-41)46-33-40(25-28-52(46)57-53)55-49-22-12-10-20-42(49)43-21-11-13-23-50(43)55/h1-34H. The molecule has 0 spiro atoms. The van der Waals surface area contributed by atoms with Crippen molar-refractivity contribution >= 4 is 65.6 Å². The van der Waals surface area contributed by atoms with Crippen LogP contribution in [-0.2, 0) is 0 Å². The van der Waals surface area contributed by atoms with Crippen LogP contribution in [0.15, 0.2) is 211 Å². The van der Waals surface area contributed by atoms with Crippen molar-refractivity contribution in [3.8, 4) is 44.8 Å². The first kappa shape index (κ1) is 31.7. The summed E-state index contributed by atoms with van der Waals surface area (Å²) in [6.07, 6.45) is 0. The minimum absolute atomic E-state index is 0.870. The first-order valence-electron chi connectivity index (χ1n) is 19.5. The number of rotatable bonds is 5. The van der Waals surface area contributed by atoms with Gasteiger partial charge in [0.05, 0.1) is 22.1 Å². The molecule has 0 bridgehead atoms. The molecule has 0 aliphatic rings. The van der Waals surface area contributed by atoms with Gasteiger partial charge in [0, 0.05) is 49.3 Å². The molecule has 0 atom stereocenters. The molecule has 9 aromatic carbocycles. The van der Waals surface area contributed by atoms with Gasteiger partial charge in [-0.2, -0.15) is 0 Å². The molecule has 0 amide bonds. The Hall–Kier alpha value is -7.62. The Morgan fingerprint density at radius 1 is 0.281 bits per heavy atom. The number of benzene rings is 9. The molecule has 0 fully saturated rings. The molecule has 266 valence electrons. The highest BCUT2D eigenvalue weighted by atomic mass is 16.3. The normalized spacial score (nSPS) is 11.9. The number of hydrogen-bond donors (Lipinski definition) is 0. The molecular weight excluding hydrogens is 693 g/mol. The molecule has 0 saturated heterocycles. The number of nitrogens with zero attached hydrogens (tertiary/aromatic N) is 2. The number of fused-ring (bicyclic) bond motifs is 9. The molecule has 3 heterocycles. The molecule has 12 rings (SSSR count). The summed E-state index contributed by atoms with van der Waals surface area (Å²) < 4.78 is 11.4. The van der Waals surface area contributed by atoms with E-state index in [-0.39, 0.29) is 0 Å². The Morgan fingerprint density at radius 3 is 1.39 bits per heavy atom. The zero-order chi connectivity index (χ0) is 37.5. The van der Waals surface area contributed by atoms with Crippen LogP contribution in [0.25, 0.3) is 110 Å². The summed E-state index contributed by atoms with van der Waals surface area (Å²) in [6, 6.07) is 74.5. The van der Waals surface area contributed by atoms with Crippen LogP contribution in [0.2, 0.25) is 0 Å². The van der Waals surface area contributed by atoms with Crippen molar-refractivity contribution in [3.05, 3.63) is 206 Å². The van der Waals surface area contributed by atoms with Crippen LogP contribution >= 0.6 is 0 Å². The third kappa shape index (κ3) is 4.92. The molecule has 3 heteroatoms. The van der Waals surface area contributed by atoms with E-state index < -0.39 is 0 Å². The molecule has 0 radical (unpaired) electrons. The number of furan rings is 1. The summed E-state index contributed by atoms with van der Waals surface area (Å²) in [7, 11) is 0. The highest BCUT2D eigenvalue weighted by molar-refractivity contribution is 6.17. The van der Waals surface area contributed by atoms with Crippen LogP contribution in [0.4, 0.5) is 0 Å². The van der Waals surface area contributed by atoms with Gasteiger partial charge < -0.3 is 13.6 Å². The predicted octanol–water partition coefficient (Wildman–Crippen LogP) is 14.8. The first-order chi connectivity index (χ1) is 28.3. The van der Waals surface area contributed by atoms with E-state index in [2.05, 4.69) is 215 Å². The Balaban J connectivity index is 1.14. The van der Waals surface area contributed by atoms with Crippen LogP contribution in [0.3, 0.4) is 0 Å². The molecule has 3 aromatic heterocycles.